The number of nitrogens with zero attached hydrogens (tertiary/aromatic N) is 3. The van der Waals surface area contributed by atoms with Gasteiger partial charge >= 0.3 is 12.3 Å². The van der Waals surface area contributed by atoms with Crippen molar-refractivity contribution in [2.45, 2.75) is 20.2 Å². The molecule has 27 heavy (non-hydrogen) atoms. The molecule has 11 heteroatoms. The van der Waals surface area contributed by atoms with Crippen molar-refractivity contribution in [1.82, 2.24) is 15.2 Å². The molecule has 0 aliphatic rings. The van der Waals surface area contributed by atoms with E-state index in [4.69, 9.17) is 20.8 Å². The van der Waals surface area contributed by atoms with E-state index in [1.807, 2.05) is 0 Å². The smallest absolute Gasteiger partial charge is 0.461 e. The van der Waals surface area contributed by atoms with Gasteiger partial charge in [0.2, 0.25) is 11.8 Å². The Balaban J connectivity index is 2.27. The molecule has 0 aliphatic heterocycles. The predicted octanol–water partition coefficient (Wildman–Crippen LogP) is 4.32. The lowest BCUT2D eigenvalue weighted by Gasteiger charge is -2.13. The third-order valence-electron chi connectivity index (χ3n) is 3.31. The monoisotopic (exact) mass is 401 g/mol. The van der Waals surface area contributed by atoms with E-state index in [0.717, 1.165) is 12.1 Å². The van der Waals surface area contributed by atoms with Gasteiger partial charge in [0.1, 0.15) is 5.75 Å². The summed E-state index contributed by atoms with van der Waals surface area (Å²) in [6.07, 6.45) is -4.92. The van der Waals surface area contributed by atoms with Gasteiger partial charge in [-0.2, -0.15) is 0 Å². The first-order valence-electron chi connectivity index (χ1n) is 7.55. The number of rotatable bonds is 4. The van der Waals surface area contributed by atoms with Crippen LogP contribution in [0.1, 0.15) is 23.3 Å². The minimum atomic E-state index is -4.92. The van der Waals surface area contributed by atoms with Crippen molar-refractivity contribution in [3.05, 3.63) is 34.8 Å². The van der Waals surface area contributed by atoms with Crippen molar-refractivity contribution in [3.8, 4) is 17.2 Å². The van der Waals surface area contributed by atoms with Crippen LogP contribution in [0.5, 0.6) is 5.75 Å². The molecule has 0 saturated carbocycles. The average molecular weight is 402 g/mol. The maximum atomic E-state index is 12.7. The second-order valence-electron chi connectivity index (χ2n) is 5.25. The maximum absolute atomic E-state index is 12.7. The standard InChI is InChI=1S/C16H11ClF3N3O4/c1-3-25-15(24)12-6-11(17)9-4-8(27-16(18,19)20)5-10(13(9)21-12)14-23-22-7(2)26-14/h4-6H,3H2,1-2H3. The number of pyridine rings is 1. The summed E-state index contributed by atoms with van der Waals surface area (Å²) in [7, 11) is 0. The lowest BCUT2D eigenvalue weighted by molar-refractivity contribution is -0.274. The van der Waals surface area contributed by atoms with Crippen LogP contribution in [0.15, 0.2) is 22.6 Å². The SMILES string of the molecule is CCOC(=O)c1cc(Cl)c2cc(OC(F)(F)F)cc(-c3nnc(C)o3)c2n1. The fraction of sp³-hybridized carbons (Fsp3) is 0.250. The first kappa shape index (κ1) is 18.9. The van der Waals surface area contributed by atoms with Crippen LogP contribution < -0.4 is 4.74 Å². The van der Waals surface area contributed by atoms with Crippen LogP contribution in [0.3, 0.4) is 0 Å². The Labute approximate surface area is 155 Å². The number of fused-ring (bicyclic) bond motifs is 1. The summed E-state index contributed by atoms with van der Waals surface area (Å²) >= 11 is 6.16. The van der Waals surface area contributed by atoms with E-state index < -0.39 is 18.1 Å². The molecule has 0 radical (unpaired) electrons. The summed E-state index contributed by atoms with van der Waals surface area (Å²) in [5.41, 5.74) is 0.000419. The Morgan fingerprint density at radius 1 is 1.26 bits per heavy atom. The van der Waals surface area contributed by atoms with Gasteiger partial charge in [-0.1, -0.05) is 11.6 Å². The molecule has 0 aliphatic carbocycles. The largest absolute Gasteiger partial charge is 0.573 e. The van der Waals surface area contributed by atoms with Crippen molar-refractivity contribution in [1.29, 1.82) is 0 Å². The summed E-state index contributed by atoms with van der Waals surface area (Å²) in [6, 6.07) is 3.28. The highest BCUT2D eigenvalue weighted by Crippen LogP contribution is 2.37. The van der Waals surface area contributed by atoms with E-state index in [1.165, 1.54) is 13.0 Å². The van der Waals surface area contributed by atoms with E-state index in [-0.39, 0.29) is 45.6 Å². The molecule has 3 aromatic rings. The number of hydrogen-bond donors (Lipinski definition) is 0. The first-order chi connectivity index (χ1) is 12.7. The van der Waals surface area contributed by atoms with Crippen LogP contribution in [0.2, 0.25) is 5.02 Å². The van der Waals surface area contributed by atoms with Gasteiger partial charge < -0.3 is 13.9 Å². The molecule has 0 amide bonds. The summed E-state index contributed by atoms with van der Waals surface area (Å²) in [5.74, 6) is -1.19. The topological polar surface area (TPSA) is 87.3 Å². The van der Waals surface area contributed by atoms with E-state index in [9.17, 15) is 18.0 Å². The number of halogens is 4. The highest BCUT2D eigenvalue weighted by atomic mass is 35.5. The van der Waals surface area contributed by atoms with Crippen molar-refractivity contribution >= 4 is 28.5 Å². The van der Waals surface area contributed by atoms with E-state index >= 15 is 0 Å². The summed E-state index contributed by atoms with van der Waals surface area (Å²) in [4.78, 5) is 16.1. The Bertz CT molecular complexity index is 1020. The third kappa shape index (κ3) is 4.11. The fourth-order valence-electron chi connectivity index (χ4n) is 2.33. The molecular weight excluding hydrogens is 391 g/mol. The van der Waals surface area contributed by atoms with Crippen LogP contribution in [-0.4, -0.2) is 34.1 Å². The Morgan fingerprint density at radius 3 is 2.59 bits per heavy atom. The number of hydrogen-bond acceptors (Lipinski definition) is 7. The van der Waals surface area contributed by atoms with Crippen molar-refractivity contribution in [2.75, 3.05) is 6.61 Å². The van der Waals surface area contributed by atoms with Crippen molar-refractivity contribution in [2.24, 2.45) is 0 Å². The minimum Gasteiger partial charge on any atom is -0.461 e. The lowest BCUT2D eigenvalue weighted by atomic mass is 10.1. The molecule has 0 bridgehead atoms. The number of carbonyl (C=O) groups excluding carboxylic acids is 1. The van der Waals surface area contributed by atoms with Gasteiger partial charge in [0.15, 0.2) is 5.69 Å². The van der Waals surface area contributed by atoms with E-state index in [0.29, 0.717) is 0 Å². The third-order valence-corrected chi connectivity index (χ3v) is 3.62. The summed E-state index contributed by atoms with van der Waals surface area (Å²) in [5, 5.41) is 7.53. The number of esters is 1. The number of carbonyl (C=O) groups is 1. The molecule has 142 valence electrons. The van der Waals surface area contributed by atoms with Crippen molar-refractivity contribution in [3.63, 3.8) is 0 Å². The van der Waals surface area contributed by atoms with Gasteiger partial charge in [0.25, 0.3) is 0 Å². The van der Waals surface area contributed by atoms with Gasteiger partial charge in [-0.05, 0) is 25.1 Å². The molecule has 0 atom stereocenters. The quantitative estimate of drug-likeness (QED) is 0.601. The molecule has 3 rings (SSSR count). The number of aromatic nitrogens is 3. The van der Waals surface area contributed by atoms with Gasteiger partial charge in [-0.25, -0.2) is 9.78 Å². The summed E-state index contributed by atoms with van der Waals surface area (Å²) in [6.45, 7) is 3.25. The number of aryl methyl sites for hydroxylation is 1. The van der Waals surface area contributed by atoms with Gasteiger partial charge in [0.05, 0.1) is 22.7 Å². The fourth-order valence-corrected chi connectivity index (χ4v) is 2.58. The Morgan fingerprint density at radius 2 is 2.00 bits per heavy atom. The maximum Gasteiger partial charge on any atom is 0.573 e. The van der Waals surface area contributed by atoms with Crippen LogP contribution in [0, 0.1) is 6.92 Å². The zero-order valence-corrected chi connectivity index (χ0v) is 14.7. The van der Waals surface area contributed by atoms with Crippen LogP contribution >= 0.6 is 11.6 Å². The second kappa shape index (κ2) is 7.03. The molecule has 0 saturated heterocycles. The number of alkyl halides is 3. The summed E-state index contributed by atoms with van der Waals surface area (Å²) < 4.78 is 52.1. The van der Waals surface area contributed by atoms with Crippen LogP contribution in [-0.2, 0) is 4.74 Å². The molecule has 7 nitrogen and oxygen atoms in total. The normalized spacial score (nSPS) is 11.6. The molecule has 0 spiro atoms. The molecule has 2 heterocycles. The van der Waals surface area contributed by atoms with Crippen molar-refractivity contribution < 1.29 is 31.9 Å². The van der Waals surface area contributed by atoms with E-state index in [2.05, 4.69) is 19.9 Å². The van der Waals surface area contributed by atoms with Gasteiger partial charge in [0, 0.05) is 12.3 Å². The first-order valence-corrected chi connectivity index (χ1v) is 7.93. The molecule has 0 fully saturated rings. The lowest BCUT2D eigenvalue weighted by Crippen LogP contribution is -2.17. The zero-order chi connectivity index (χ0) is 19.8. The molecule has 0 unspecified atom stereocenters. The number of benzene rings is 1. The van der Waals surface area contributed by atoms with E-state index in [1.54, 1.807) is 6.92 Å². The second-order valence-corrected chi connectivity index (χ2v) is 5.66. The minimum absolute atomic E-state index is 0.0202. The molecular formula is C16H11ClF3N3O4. The van der Waals surface area contributed by atoms with Gasteiger partial charge in [-0.15, -0.1) is 23.4 Å². The molecule has 0 N–H and O–H groups in total. The van der Waals surface area contributed by atoms with Crippen LogP contribution in [0.4, 0.5) is 13.2 Å². The molecule has 2 aromatic heterocycles. The zero-order valence-electron chi connectivity index (χ0n) is 13.9. The predicted molar refractivity (Wildman–Crippen MR) is 87.4 cm³/mol. The number of ether oxygens (including phenoxy) is 2. The van der Waals surface area contributed by atoms with Gasteiger partial charge in [-0.3, -0.25) is 0 Å². The Kier molecular flexibility index (Phi) is 4.92. The highest BCUT2D eigenvalue weighted by Gasteiger charge is 2.32. The average Bonchev–Trinajstić information content (AvgIpc) is 2.99. The Hall–Kier alpha value is -2.88. The highest BCUT2D eigenvalue weighted by molar-refractivity contribution is 6.36. The van der Waals surface area contributed by atoms with Crippen LogP contribution in [0.25, 0.3) is 22.4 Å². The molecule has 1 aromatic carbocycles.